The van der Waals surface area contributed by atoms with Crippen molar-refractivity contribution in [3.63, 3.8) is 0 Å². The first kappa shape index (κ1) is 17.6. The van der Waals surface area contributed by atoms with Crippen molar-refractivity contribution in [3.8, 4) is 17.2 Å². The number of carbonyl (C=O) groups is 1. The van der Waals surface area contributed by atoms with Gasteiger partial charge >= 0.3 is 0 Å². The first-order valence-electron chi connectivity index (χ1n) is 8.32. The molecule has 3 aromatic rings. The topological polar surface area (TPSA) is 56.8 Å². The summed E-state index contributed by atoms with van der Waals surface area (Å²) in [5.74, 6) is 1.72. The first-order valence-corrected chi connectivity index (χ1v) is 8.32. The number of benzene rings is 3. The van der Waals surface area contributed by atoms with Crippen molar-refractivity contribution in [2.45, 2.75) is 0 Å². The summed E-state index contributed by atoms with van der Waals surface area (Å²) in [5.41, 5.74) is 0.479. The fourth-order valence-corrected chi connectivity index (χ4v) is 2.63. The summed E-state index contributed by atoms with van der Waals surface area (Å²) < 4.78 is 16.1. The zero-order chi connectivity index (χ0) is 18.4. The average Bonchev–Trinajstić information content (AvgIpc) is 2.70. The Morgan fingerprint density at radius 1 is 0.846 bits per heavy atom. The third-order valence-electron chi connectivity index (χ3n) is 3.99. The van der Waals surface area contributed by atoms with Crippen molar-refractivity contribution in [2.75, 3.05) is 27.4 Å². The second-order valence-corrected chi connectivity index (χ2v) is 5.71. The van der Waals surface area contributed by atoms with E-state index in [-0.39, 0.29) is 5.91 Å². The number of ether oxygens (including phenoxy) is 3. The highest BCUT2D eigenvalue weighted by Crippen LogP contribution is 2.22. The van der Waals surface area contributed by atoms with E-state index >= 15 is 0 Å². The fourth-order valence-electron chi connectivity index (χ4n) is 2.63. The third-order valence-corrected chi connectivity index (χ3v) is 3.99. The van der Waals surface area contributed by atoms with Crippen LogP contribution in [0.2, 0.25) is 0 Å². The van der Waals surface area contributed by atoms with Crippen molar-refractivity contribution in [3.05, 3.63) is 66.2 Å². The Hall–Kier alpha value is -3.21. The van der Waals surface area contributed by atoms with Gasteiger partial charge in [-0.3, -0.25) is 4.79 Å². The van der Waals surface area contributed by atoms with Gasteiger partial charge in [-0.1, -0.05) is 30.3 Å². The molecule has 5 heteroatoms. The molecule has 0 heterocycles. The summed E-state index contributed by atoms with van der Waals surface area (Å²) in [4.78, 5) is 12.3. The van der Waals surface area contributed by atoms with Gasteiger partial charge in [0.1, 0.15) is 23.9 Å². The molecular weight excluding hydrogens is 330 g/mol. The van der Waals surface area contributed by atoms with Crippen LogP contribution in [0, 0.1) is 0 Å². The lowest BCUT2D eigenvalue weighted by molar-refractivity contribution is 0.0946. The summed E-state index contributed by atoms with van der Waals surface area (Å²) >= 11 is 0. The molecule has 1 amide bonds. The van der Waals surface area contributed by atoms with Crippen LogP contribution >= 0.6 is 0 Å². The number of fused-ring (bicyclic) bond motifs is 1. The van der Waals surface area contributed by atoms with E-state index in [1.807, 2.05) is 36.4 Å². The maximum Gasteiger partial charge on any atom is 0.251 e. The van der Waals surface area contributed by atoms with Gasteiger partial charge in [0.25, 0.3) is 5.91 Å². The van der Waals surface area contributed by atoms with Crippen molar-refractivity contribution in [1.29, 1.82) is 0 Å². The third kappa shape index (κ3) is 4.25. The van der Waals surface area contributed by atoms with E-state index in [0.717, 1.165) is 11.1 Å². The van der Waals surface area contributed by atoms with Gasteiger partial charge in [-0.2, -0.15) is 0 Å². The Balaban J connectivity index is 1.55. The Kier molecular flexibility index (Phi) is 5.59. The van der Waals surface area contributed by atoms with Crippen LogP contribution < -0.4 is 19.5 Å². The molecule has 5 nitrogen and oxygen atoms in total. The maximum atomic E-state index is 12.3. The van der Waals surface area contributed by atoms with Gasteiger partial charge in [-0.25, -0.2) is 0 Å². The predicted molar refractivity (Wildman–Crippen MR) is 101 cm³/mol. The van der Waals surface area contributed by atoms with Crippen LogP contribution in [-0.4, -0.2) is 33.3 Å². The van der Waals surface area contributed by atoms with Crippen LogP contribution in [0.15, 0.2) is 60.7 Å². The van der Waals surface area contributed by atoms with E-state index in [1.165, 1.54) is 5.39 Å². The van der Waals surface area contributed by atoms with Crippen molar-refractivity contribution in [2.24, 2.45) is 0 Å². The fraction of sp³-hybridized carbons (Fsp3) is 0.190. The monoisotopic (exact) mass is 351 g/mol. The molecule has 0 radical (unpaired) electrons. The maximum absolute atomic E-state index is 12.3. The van der Waals surface area contributed by atoms with Gasteiger partial charge < -0.3 is 19.5 Å². The molecule has 0 unspecified atom stereocenters. The van der Waals surface area contributed by atoms with Crippen LogP contribution in [0.1, 0.15) is 10.4 Å². The smallest absolute Gasteiger partial charge is 0.251 e. The minimum absolute atomic E-state index is 0.204. The lowest BCUT2D eigenvalue weighted by atomic mass is 10.1. The first-order chi connectivity index (χ1) is 12.7. The number of nitrogens with one attached hydrogen (secondary N) is 1. The van der Waals surface area contributed by atoms with Crippen molar-refractivity contribution < 1.29 is 19.0 Å². The van der Waals surface area contributed by atoms with E-state index in [1.54, 1.807) is 32.4 Å². The molecule has 0 aromatic heterocycles. The molecule has 26 heavy (non-hydrogen) atoms. The molecular formula is C21H21NO4. The van der Waals surface area contributed by atoms with Gasteiger partial charge in [-0.05, 0) is 35.0 Å². The second kappa shape index (κ2) is 8.25. The molecule has 0 aliphatic heterocycles. The molecule has 0 saturated carbocycles. The second-order valence-electron chi connectivity index (χ2n) is 5.71. The van der Waals surface area contributed by atoms with Crippen LogP contribution in [-0.2, 0) is 0 Å². The van der Waals surface area contributed by atoms with E-state index in [9.17, 15) is 4.79 Å². The Morgan fingerprint density at radius 3 is 2.23 bits per heavy atom. The number of rotatable bonds is 7. The molecule has 134 valence electrons. The molecule has 3 rings (SSSR count). The van der Waals surface area contributed by atoms with Crippen LogP contribution in [0.5, 0.6) is 17.2 Å². The molecule has 0 fully saturated rings. The summed E-state index contributed by atoms with van der Waals surface area (Å²) in [6.45, 7) is 0.774. The molecule has 0 aliphatic carbocycles. The average molecular weight is 351 g/mol. The Morgan fingerprint density at radius 2 is 1.54 bits per heavy atom. The minimum Gasteiger partial charge on any atom is -0.497 e. The number of methoxy groups -OCH3 is 2. The van der Waals surface area contributed by atoms with Crippen molar-refractivity contribution in [1.82, 2.24) is 5.32 Å². The number of carbonyl (C=O) groups excluding carboxylic acids is 1. The number of hydrogen-bond acceptors (Lipinski definition) is 4. The molecule has 0 atom stereocenters. The number of hydrogen-bond donors (Lipinski definition) is 1. The standard InChI is InChI=1S/C21H21NO4/c1-24-19-12-17(13-20(14-19)25-2)21(23)22-9-10-26-18-8-7-15-5-3-4-6-16(15)11-18/h3-8,11-14H,9-10H2,1-2H3,(H,22,23). The van der Waals surface area contributed by atoms with Gasteiger partial charge in [0.05, 0.1) is 20.8 Å². The highest BCUT2D eigenvalue weighted by molar-refractivity contribution is 5.95. The molecule has 3 aromatic carbocycles. The highest BCUT2D eigenvalue weighted by atomic mass is 16.5. The predicted octanol–water partition coefficient (Wildman–Crippen LogP) is 3.67. The molecule has 0 bridgehead atoms. The molecule has 1 N–H and O–H groups in total. The normalized spacial score (nSPS) is 10.4. The van der Waals surface area contributed by atoms with Crippen LogP contribution in [0.25, 0.3) is 10.8 Å². The quantitative estimate of drug-likeness (QED) is 0.660. The van der Waals surface area contributed by atoms with Crippen LogP contribution in [0.4, 0.5) is 0 Å². The molecule has 0 aliphatic rings. The zero-order valence-corrected chi connectivity index (χ0v) is 14.8. The van der Waals surface area contributed by atoms with E-state index in [0.29, 0.717) is 30.2 Å². The highest BCUT2D eigenvalue weighted by Gasteiger charge is 2.09. The van der Waals surface area contributed by atoms with Crippen molar-refractivity contribution >= 4 is 16.7 Å². The van der Waals surface area contributed by atoms with Gasteiger partial charge in [0.15, 0.2) is 0 Å². The van der Waals surface area contributed by atoms with E-state index < -0.39 is 0 Å². The van der Waals surface area contributed by atoms with Gasteiger partial charge in [0.2, 0.25) is 0 Å². The zero-order valence-electron chi connectivity index (χ0n) is 14.8. The van der Waals surface area contributed by atoms with Gasteiger partial charge in [-0.15, -0.1) is 0 Å². The SMILES string of the molecule is COc1cc(OC)cc(C(=O)NCCOc2ccc3ccccc3c2)c1. The Bertz CT molecular complexity index is 885. The van der Waals surface area contributed by atoms with Crippen LogP contribution in [0.3, 0.4) is 0 Å². The number of amides is 1. The van der Waals surface area contributed by atoms with Gasteiger partial charge in [0, 0.05) is 11.6 Å². The lowest BCUT2D eigenvalue weighted by Crippen LogP contribution is -2.28. The largest absolute Gasteiger partial charge is 0.497 e. The molecule has 0 saturated heterocycles. The summed E-state index contributed by atoms with van der Waals surface area (Å²) in [6, 6.07) is 19.1. The lowest BCUT2D eigenvalue weighted by Gasteiger charge is -2.10. The minimum atomic E-state index is -0.204. The summed E-state index contributed by atoms with van der Waals surface area (Å²) in [5, 5.41) is 5.12. The summed E-state index contributed by atoms with van der Waals surface area (Å²) in [6.07, 6.45) is 0. The van der Waals surface area contributed by atoms with E-state index in [2.05, 4.69) is 11.4 Å². The molecule has 0 spiro atoms. The van der Waals surface area contributed by atoms with E-state index in [4.69, 9.17) is 14.2 Å². The Labute approximate surface area is 152 Å². The summed E-state index contributed by atoms with van der Waals surface area (Å²) in [7, 11) is 3.10.